The number of anilines is 1. The number of rotatable bonds is 3. The Kier molecular flexibility index (Phi) is 4.15. The zero-order valence-corrected chi connectivity index (χ0v) is 14.8. The van der Waals surface area contributed by atoms with Crippen molar-refractivity contribution in [2.24, 2.45) is 0 Å². The average molecular weight is 411 g/mol. The summed E-state index contributed by atoms with van der Waals surface area (Å²) in [6, 6.07) is 15.2. The van der Waals surface area contributed by atoms with Crippen molar-refractivity contribution >= 4 is 59.0 Å². The molecule has 1 aromatic heterocycles. The molecule has 0 radical (unpaired) electrons. The van der Waals surface area contributed by atoms with E-state index >= 15 is 0 Å². The molecular formula is C16H13Br2NS. The molecule has 1 N–H and O–H groups in total. The Morgan fingerprint density at radius 1 is 1.05 bits per heavy atom. The summed E-state index contributed by atoms with van der Waals surface area (Å²) >= 11 is 8.89. The third-order valence-corrected chi connectivity index (χ3v) is 5.34. The van der Waals surface area contributed by atoms with Crippen molar-refractivity contribution in [2.45, 2.75) is 13.0 Å². The molecule has 4 heteroatoms. The molecule has 0 saturated carbocycles. The monoisotopic (exact) mass is 409 g/mol. The number of hydrogen-bond acceptors (Lipinski definition) is 2. The van der Waals surface area contributed by atoms with Crippen LogP contribution in [0, 0.1) is 0 Å². The van der Waals surface area contributed by atoms with Crippen LogP contribution in [0.25, 0.3) is 10.1 Å². The van der Waals surface area contributed by atoms with Gasteiger partial charge in [0.05, 0.1) is 0 Å². The third-order valence-electron chi connectivity index (χ3n) is 3.26. The van der Waals surface area contributed by atoms with Crippen LogP contribution in [0.3, 0.4) is 0 Å². The Labute approximate surface area is 139 Å². The van der Waals surface area contributed by atoms with Gasteiger partial charge < -0.3 is 5.32 Å². The van der Waals surface area contributed by atoms with Gasteiger partial charge in [0.1, 0.15) is 0 Å². The quantitative estimate of drug-likeness (QED) is 0.512. The smallest absolute Gasteiger partial charge is 0.0496 e. The Balaban J connectivity index is 1.85. The van der Waals surface area contributed by atoms with E-state index in [4.69, 9.17) is 0 Å². The van der Waals surface area contributed by atoms with Gasteiger partial charge in [0.2, 0.25) is 0 Å². The molecule has 1 atom stereocenters. The van der Waals surface area contributed by atoms with Crippen LogP contribution in [-0.2, 0) is 0 Å². The third kappa shape index (κ3) is 2.92. The highest BCUT2D eigenvalue weighted by Crippen LogP contribution is 2.30. The normalized spacial score (nSPS) is 12.6. The standard InChI is InChI=1S/C16H13Br2NS/c1-10(14-4-2-12(17)9-15(14)18)19-13-3-5-16-11(8-13)6-7-20-16/h2-10,19H,1H3. The van der Waals surface area contributed by atoms with Crippen LogP contribution in [0.5, 0.6) is 0 Å². The zero-order valence-electron chi connectivity index (χ0n) is 10.9. The summed E-state index contributed by atoms with van der Waals surface area (Å²) in [6.07, 6.45) is 0. The number of thiophene rings is 1. The lowest BCUT2D eigenvalue weighted by Crippen LogP contribution is -2.07. The van der Waals surface area contributed by atoms with Gasteiger partial charge in [-0.05, 0) is 59.7 Å². The molecule has 0 bridgehead atoms. The number of nitrogens with one attached hydrogen (secondary N) is 1. The molecule has 0 spiro atoms. The fraction of sp³-hybridized carbons (Fsp3) is 0.125. The fourth-order valence-corrected chi connectivity index (χ4v) is 4.40. The first-order valence-corrected chi connectivity index (χ1v) is 8.79. The first-order chi connectivity index (χ1) is 9.63. The maximum Gasteiger partial charge on any atom is 0.0496 e. The van der Waals surface area contributed by atoms with Crippen molar-refractivity contribution in [1.82, 2.24) is 0 Å². The lowest BCUT2D eigenvalue weighted by Gasteiger charge is -2.17. The predicted octanol–water partition coefficient (Wildman–Crippen LogP) is 6.60. The molecule has 0 fully saturated rings. The van der Waals surface area contributed by atoms with E-state index in [0.717, 1.165) is 14.6 Å². The van der Waals surface area contributed by atoms with Gasteiger partial charge in [-0.25, -0.2) is 0 Å². The maximum atomic E-state index is 3.63. The molecule has 102 valence electrons. The van der Waals surface area contributed by atoms with Gasteiger partial charge in [0.15, 0.2) is 0 Å². The summed E-state index contributed by atoms with van der Waals surface area (Å²) in [5, 5.41) is 6.98. The van der Waals surface area contributed by atoms with Crippen LogP contribution in [0.4, 0.5) is 5.69 Å². The van der Waals surface area contributed by atoms with Gasteiger partial charge in [-0.15, -0.1) is 11.3 Å². The summed E-state index contributed by atoms with van der Waals surface area (Å²) in [5.41, 5.74) is 2.40. The van der Waals surface area contributed by atoms with E-state index in [-0.39, 0.29) is 6.04 Å². The summed E-state index contributed by atoms with van der Waals surface area (Å²) in [4.78, 5) is 0. The second-order valence-electron chi connectivity index (χ2n) is 4.71. The van der Waals surface area contributed by atoms with Crippen LogP contribution in [0.2, 0.25) is 0 Å². The van der Waals surface area contributed by atoms with Gasteiger partial charge in [-0.2, -0.15) is 0 Å². The molecule has 0 aliphatic carbocycles. The number of fused-ring (bicyclic) bond motifs is 1. The summed E-state index contributed by atoms with van der Waals surface area (Å²) in [7, 11) is 0. The Morgan fingerprint density at radius 2 is 1.90 bits per heavy atom. The Hall–Kier alpha value is -0.840. The lowest BCUT2D eigenvalue weighted by molar-refractivity contribution is 0.879. The topological polar surface area (TPSA) is 12.0 Å². The van der Waals surface area contributed by atoms with E-state index in [1.165, 1.54) is 15.6 Å². The largest absolute Gasteiger partial charge is 0.378 e. The van der Waals surface area contributed by atoms with E-state index in [1.807, 2.05) is 0 Å². The molecular weight excluding hydrogens is 398 g/mol. The van der Waals surface area contributed by atoms with Crippen molar-refractivity contribution in [3.8, 4) is 0 Å². The summed E-state index contributed by atoms with van der Waals surface area (Å²) in [5.74, 6) is 0. The minimum absolute atomic E-state index is 0.244. The Morgan fingerprint density at radius 3 is 2.70 bits per heavy atom. The van der Waals surface area contributed by atoms with Crippen molar-refractivity contribution in [2.75, 3.05) is 5.32 Å². The van der Waals surface area contributed by atoms with E-state index in [0.29, 0.717) is 0 Å². The van der Waals surface area contributed by atoms with Crippen LogP contribution < -0.4 is 5.32 Å². The average Bonchev–Trinajstić information content (AvgIpc) is 2.85. The molecule has 0 aliphatic rings. The molecule has 3 rings (SSSR count). The van der Waals surface area contributed by atoms with Gasteiger partial charge >= 0.3 is 0 Å². The minimum Gasteiger partial charge on any atom is -0.378 e. The maximum absolute atomic E-state index is 3.63. The molecule has 3 aromatic rings. The van der Waals surface area contributed by atoms with Crippen LogP contribution in [0.1, 0.15) is 18.5 Å². The van der Waals surface area contributed by atoms with Gasteiger partial charge in [0, 0.05) is 25.4 Å². The van der Waals surface area contributed by atoms with E-state index in [2.05, 4.69) is 91.9 Å². The zero-order chi connectivity index (χ0) is 14.1. The van der Waals surface area contributed by atoms with Crippen molar-refractivity contribution in [3.05, 3.63) is 62.4 Å². The molecule has 20 heavy (non-hydrogen) atoms. The highest BCUT2D eigenvalue weighted by atomic mass is 79.9. The van der Waals surface area contributed by atoms with Crippen molar-refractivity contribution < 1.29 is 0 Å². The minimum atomic E-state index is 0.244. The highest BCUT2D eigenvalue weighted by Gasteiger charge is 2.10. The first-order valence-electron chi connectivity index (χ1n) is 6.32. The first kappa shape index (κ1) is 14.1. The van der Waals surface area contributed by atoms with Gasteiger partial charge in [-0.1, -0.05) is 37.9 Å². The SMILES string of the molecule is CC(Nc1ccc2sccc2c1)c1ccc(Br)cc1Br. The molecule has 1 nitrogen and oxygen atoms in total. The van der Waals surface area contributed by atoms with Gasteiger partial charge in [-0.3, -0.25) is 0 Å². The summed E-state index contributed by atoms with van der Waals surface area (Å²) in [6.45, 7) is 2.17. The molecule has 1 heterocycles. The Bertz CT molecular complexity index is 751. The predicted molar refractivity (Wildman–Crippen MR) is 95.7 cm³/mol. The van der Waals surface area contributed by atoms with E-state index < -0.39 is 0 Å². The number of benzene rings is 2. The lowest BCUT2D eigenvalue weighted by atomic mass is 10.1. The fourth-order valence-electron chi connectivity index (χ4n) is 2.24. The molecule has 0 aliphatic heterocycles. The number of hydrogen-bond donors (Lipinski definition) is 1. The molecule has 1 unspecified atom stereocenters. The van der Waals surface area contributed by atoms with Crippen LogP contribution in [-0.4, -0.2) is 0 Å². The second kappa shape index (κ2) is 5.88. The van der Waals surface area contributed by atoms with Crippen molar-refractivity contribution in [3.63, 3.8) is 0 Å². The van der Waals surface area contributed by atoms with E-state index in [9.17, 15) is 0 Å². The van der Waals surface area contributed by atoms with E-state index in [1.54, 1.807) is 11.3 Å². The molecule has 0 amide bonds. The highest BCUT2D eigenvalue weighted by molar-refractivity contribution is 9.11. The number of halogens is 2. The molecule has 0 saturated heterocycles. The molecule has 2 aromatic carbocycles. The van der Waals surface area contributed by atoms with Crippen LogP contribution in [0.15, 0.2) is 56.8 Å². The van der Waals surface area contributed by atoms with Crippen molar-refractivity contribution in [1.29, 1.82) is 0 Å². The van der Waals surface area contributed by atoms with Crippen LogP contribution >= 0.6 is 43.2 Å². The van der Waals surface area contributed by atoms with Gasteiger partial charge in [0.25, 0.3) is 0 Å². The summed E-state index contributed by atoms with van der Waals surface area (Å²) < 4.78 is 3.52. The second-order valence-corrected chi connectivity index (χ2v) is 7.42.